The van der Waals surface area contributed by atoms with Gasteiger partial charge in [0.15, 0.2) is 28.8 Å². The first-order valence-corrected chi connectivity index (χ1v) is 6.27. The Hall–Kier alpha value is -3.28. The van der Waals surface area contributed by atoms with Crippen LogP contribution >= 0.6 is 0 Å². The van der Waals surface area contributed by atoms with Crippen molar-refractivity contribution >= 4 is 16.9 Å². The summed E-state index contributed by atoms with van der Waals surface area (Å²) in [5.74, 6) is 1.57. The predicted octanol–water partition coefficient (Wildman–Crippen LogP) is 1.21. The molecule has 22 heavy (non-hydrogen) atoms. The van der Waals surface area contributed by atoms with Crippen molar-refractivity contribution in [2.24, 2.45) is 0 Å². The van der Waals surface area contributed by atoms with E-state index in [4.69, 9.17) is 20.5 Å². The number of nitrogen functional groups attached to an aromatic ring is 1. The average molecular weight is 300 g/mol. The van der Waals surface area contributed by atoms with Crippen molar-refractivity contribution in [1.82, 2.24) is 19.9 Å². The van der Waals surface area contributed by atoms with Gasteiger partial charge in [-0.25, -0.2) is 9.61 Å². The number of hydrogen-bond donors (Lipinski definition) is 1. The molecule has 9 heteroatoms. The van der Waals surface area contributed by atoms with Gasteiger partial charge in [-0.2, -0.15) is 5.26 Å². The highest BCUT2D eigenvalue weighted by atomic mass is 16.6. The topological polar surface area (TPSA) is 125 Å². The number of rotatable bonds is 4. The molecule has 0 amide bonds. The molecule has 0 radical (unpaired) electrons. The van der Waals surface area contributed by atoms with Crippen molar-refractivity contribution < 1.29 is 14.1 Å². The fourth-order valence-corrected chi connectivity index (χ4v) is 2.21. The van der Waals surface area contributed by atoms with E-state index in [9.17, 15) is 0 Å². The second-order valence-corrected chi connectivity index (χ2v) is 4.37. The van der Waals surface area contributed by atoms with Gasteiger partial charge in [-0.15, -0.1) is 0 Å². The van der Waals surface area contributed by atoms with E-state index in [2.05, 4.69) is 26.0 Å². The molecule has 3 aromatic rings. The lowest BCUT2D eigenvalue weighted by Crippen LogP contribution is -2.01. The van der Waals surface area contributed by atoms with Crippen LogP contribution < -0.4 is 15.2 Å². The summed E-state index contributed by atoms with van der Waals surface area (Å²) in [6.07, 6.45) is 0. The smallest absolute Gasteiger partial charge is 0.199 e. The molecule has 0 saturated carbocycles. The number of nitriles is 1. The molecular weight excluding hydrogens is 288 g/mol. The van der Waals surface area contributed by atoms with Crippen LogP contribution in [0.5, 0.6) is 11.5 Å². The van der Waals surface area contributed by atoms with Crippen molar-refractivity contribution in [3.8, 4) is 29.1 Å². The minimum absolute atomic E-state index is 0.0631. The first kappa shape index (κ1) is 13.7. The van der Waals surface area contributed by atoms with E-state index in [1.165, 1.54) is 14.2 Å². The van der Waals surface area contributed by atoms with Crippen molar-refractivity contribution in [2.45, 2.75) is 6.54 Å². The van der Waals surface area contributed by atoms with Crippen LogP contribution in [0, 0.1) is 11.3 Å². The highest BCUT2D eigenvalue weighted by Gasteiger charge is 2.20. The molecule has 0 aliphatic carbocycles. The van der Waals surface area contributed by atoms with E-state index in [-0.39, 0.29) is 18.1 Å². The second kappa shape index (κ2) is 5.25. The number of ether oxygens (including phenoxy) is 2. The van der Waals surface area contributed by atoms with Crippen LogP contribution in [0.25, 0.3) is 22.6 Å². The maximum atomic E-state index is 9.07. The third-order valence-corrected chi connectivity index (χ3v) is 3.21. The second-order valence-electron chi connectivity index (χ2n) is 4.37. The van der Waals surface area contributed by atoms with E-state index >= 15 is 0 Å². The Morgan fingerprint density at radius 2 is 2.00 bits per heavy atom. The highest BCUT2D eigenvalue weighted by molar-refractivity contribution is 5.85. The molecule has 2 aromatic heterocycles. The van der Waals surface area contributed by atoms with Crippen molar-refractivity contribution in [3.05, 3.63) is 12.1 Å². The van der Waals surface area contributed by atoms with Crippen molar-refractivity contribution in [3.63, 3.8) is 0 Å². The minimum atomic E-state index is 0.0631. The van der Waals surface area contributed by atoms with E-state index in [0.29, 0.717) is 28.4 Å². The summed E-state index contributed by atoms with van der Waals surface area (Å²) < 4.78 is 16.8. The molecular formula is C13H12N6O3. The van der Waals surface area contributed by atoms with Gasteiger partial charge in [0.2, 0.25) is 0 Å². The lowest BCUT2D eigenvalue weighted by atomic mass is 10.2. The van der Waals surface area contributed by atoms with E-state index in [1.54, 1.807) is 16.7 Å². The van der Waals surface area contributed by atoms with E-state index < -0.39 is 0 Å². The predicted molar refractivity (Wildman–Crippen MR) is 76.2 cm³/mol. The summed E-state index contributed by atoms with van der Waals surface area (Å²) in [5, 5.41) is 16.4. The molecule has 0 unspecified atom stereocenters. The fraction of sp³-hybridized carbons (Fsp3) is 0.231. The van der Waals surface area contributed by atoms with Gasteiger partial charge >= 0.3 is 0 Å². The Morgan fingerprint density at radius 1 is 1.27 bits per heavy atom. The quantitative estimate of drug-likeness (QED) is 0.762. The largest absolute Gasteiger partial charge is 0.493 e. The molecule has 2 heterocycles. The van der Waals surface area contributed by atoms with Crippen LogP contribution in [0.2, 0.25) is 0 Å². The molecule has 0 spiro atoms. The van der Waals surface area contributed by atoms with Crippen molar-refractivity contribution in [2.75, 3.05) is 20.0 Å². The summed E-state index contributed by atoms with van der Waals surface area (Å²) in [4.78, 5) is 4.45. The lowest BCUT2D eigenvalue weighted by Gasteiger charge is -2.08. The fourth-order valence-electron chi connectivity index (χ4n) is 2.21. The summed E-state index contributed by atoms with van der Waals surface area (Å²) in [5.41, 5.74) is 7.31. The number of fused-ring (bicyclic) bond motifs is 1. The molecule has 9 nitrogen and oxygen atoms in total. The van der Waals surface area contributed by atoms with Crippen LogP contribution in [-0.2, 0) is 6.54 Å². The third kappa shape index (κ3) is 1.98. The Morgan fingerprint density at radius 3 is 2.59 bits per heavy atom. The summed E-state index contributed by atoms with van der Waals surface area (Å²) in [6, 6.07) is 5.54. The van der Waals surface area contributed by atoms with E-state index in [0.717, 1.165) is 0 Å². The average Bonchev–Trinajstić information content (AvgIpc) is 3.09. The number of benzene rings is 1. The zero-order chi connectivity index (χ0) is 15.7. The summed E-state index contributed by atoms with van der Waals surface area (Å²) in [7, 11) is 3.07. The Bertz CT molecular complexity index is 876. The Balaban J connectivity index is 2.32. The van der Waals surface area contributed by atoms with Crippen LogP contribution in [0.1, 0.15) is 0 Å². The number of methoxy groups -OCH3 is 2. The van der Waals surface area contributed by atoms with Crippen molar-refractivity contribution in [1.29, 1.82) is 5.26 Å². The maximum absolute atomic E-state index is 9.07. The SMILES string of the molecule is COc1cc2nc(-c3nonc3N)n(CC#N)c2cc1OC. The highest BCUT2D eigenvalue weighted by Crippen LogP contribution is 2.34. The molecule has 2 N–H and O–H groups in total. The normalized spacial score (nSPS) is 10.6. The zero-order valence-corrected chi connectivity index (χ0v) is 11.9. The van der Waals surface area contributed by atoms with Gasteiger partial charge in [-0.05, 0) is 10.3 Å². The van der Waals surface area contributed by atoms with Gasteiger partial charge in [0, 0.05) is 12.1 Å². The number of hydrogen-bond acceptors (Lipinski definition) is 8. The molecule has 3 rings (SSSR count). The van der Waals surface area contributed by atoms with Gasteiger partial charge in [0.1, 0.15) is 6.54 Å². The first-order chi connectivity index (χ1) is 10.7. The summed E-state index contributed by atoms with van der Waals surface area (Å²) >= 11 is 0. The van der Waals surface area contributed by atoms with Crippen LogP contribution in [0.3, 0.4) is 0 Å². The molecule has 0 bridgehead atoms. The number of anilines is 1. The molecule has 0 aliphatic rings. The zero-order valence-electron chi connectivity index (χ0n) is 11.9. The molecule has 0 saturated heterocycles. The summed E-state index contributed by atoms with van der Waals surface area (Å²) in [6.45, 7) is 0.0631. The van der Waals surface area contributed by atoms with Gasteiger partial charge in [0.05, 0.1) is 31.3 Å². The van der Waals surface area contributed by atoms with Crippen LogP contribution in [0.15, 0.2) is 16.8 Å². The van der Waals surface area contributed by atoms with E-state index in [1.807, 2.05) is 0 Å². The van der Waals surface area contributed by atoms with Gasteiger partial charge in [-0.1, -0.05) is 0 Å². The minimum Gasteiger partial charge on any atom is -0.493 e. The lowest BCUT2D eigenvalue weighted by molar-refractivity contribution is 0.310. The number of imidazole rings is 1. The molecule has 1 aromatic carbocycles. The van der Waals surface area contributed by atoms with Gasteiger partial charge in [-0.3, -0.25) is 0 Å². The molecule has 0 aliphatic heterocycles. The molecule has 0 fully saturated rings. The molecule has 112 valence electrons. The number of nitrogens with zero attached hydrogens (tertiary/aromatic N) is 5. The number of nitrogens with two attached hydrogens (primary N) is 1. The standard InChI is InChI=1S/C13H12N6O3/c1-20-9-5-7-8(6-10(9)21-2)19(4-3-14)13(16-7)11-12(15)18-22-17-11/h5-6H,4H2,1-2H3,(H2,15,18). The number of aromatic nitrogens is 4. The molecule has 0 atom stereocenters. The van der Waals surface area contributed by atoms with Crippen LogP contribution in [-0.4, -0.2) is 34.1 Å². The van der Waals surface area contributed by atoms with Crippen LogP contribution in [0.4, 0.5) is 5.82 Å². The van der Waals surface area contributed by atoms with Gasteiger partial charge in [0.25, 0.3) is 0 Å². The third-order valence-electron chi connectivity index (χ3n) is 3.21. The monoisotopic (exact) mass is 300 g/mol. The Labute approximate surface area is 124 Å². The first-order valence-electron chi connectivity index (χ1n) is 6.27. The maximum Gasteiger partial charge on any atom is 0.199 e. The van der Waals surface area contributed by atoms with Gasteiger partial charge < -0.3 is 19.8 Å². The Kier molecular flexibility index (Phi) is 3.27.